The Morgan fingerprint density at radius 1 is 0.780 bits per heavy atom. The van der Waals surface area contributed by atoms with Gasteiger partial charge in [-0.1, -0.05) is 48.4 Å². The zero-order valence-electron chi connectivity index (χ0n) is 29.3. The second-order valence-electron chi connectivity index (χ2n) is 13.2. The summed E-state index contributed by atoms with van der Waals surface area (Å²) in [5.74, 6) is 2.21. The van der Waals surface area contributed by atoms with E-state index in [1.54, 1.807) is 18.5 Å². The number of hydrogen-bond acceptors (Lipinski definition) is 8. The van der Waals surface area contributed by atoms with Gasteiger partial charge in [-0.05, 0) is 92.2 Å². The molecule has 0 bridgehead atoms. The molecule has 0 amide bonds. The third-order valence-electron chi connectivity index (χ3n) is 9.66. The van der Waals surface area contributed by atoms with Gasteiger partial charge in [0.25, 0.3) is 0 Å². The van der Waals surface area contributed by atoms with Crippen LogP contribution < -0.4 is 14.2 Å². The van der Waals surface area contributed by atoms with Crippen LogP contribution in [0.1, 0.15) is 59.1 Å². The van der Waals surface area contributed by atoms with Gasteiger partial charge in [-0.2, -0.15) is 5.26 Å². The SMILES string of the molecule is Cc1c(COc2cc(OCc3cncc(C#N)c3)c(CN3CCCCC3)cc2Cl)cccc1-c1cccc(OCCCN2CCOCC2)c1C. The smallest absolute Gasteiger partial charge is 0.142 e. The molecule has 3 aromatic carbocycles. The van der Waals surface area contributed by atoms with Crippen LogP contribution in [0.3, 0.4) is 0 Å². The number of likely N-dealkylation sites (tertiary alicyclic amines) is 1. The fourth-order valence-corrected chi connectivity index (χ4v) is 6.98. The molecule has 0 radical (unpaired) electrons. The molecule has 3 heterocycles. The minimum Gasteiger partial charge on any atom is -0.493 e. The van der Waals surface area contributed by atoms with Crippen LogP contribution in [0.2, 0.25) is 5.02 Å². The van der Waals surface area contributed by atoms with Gasteiger partial charge in [0, 0.05) is 55.8 Å². The van der Waals surface area contributed by atoms with Crippen LogP contribution >= 0.6 is 11.6 Å². The summed E-state index contributed by atoms with van der Waals surface area (Å²) in [4.78, 5) is 9.07. The molecule has 50 heavy (non-hydrogen) atoms. The monoisotopic (exact) mass is 694 g/mol. The van der Waals surface area contributed by atoms with E-state index in [0.717, 1.165) is 109 Å². The summed E-state index contributed by atoms with van der Waals surface area (Å²) in [6.45, 7) is 13.1. The lowest BCUT2D eigenvalue weighted by Gasteiger charge is -2.27. The molecule has 0 spiro atoms. The highest BCUT2D eigenvalue weighted by molar-refractivity contribution is 6.32. The highest BCUT2D eigenvalue weighted by Gasteiger charge is 2.18. The summed E-state index contributed by atoms with van der Waals surface area (Å²) >= 11 is 6.88. The summed E-state index contributed by atoms with van der Waals surface area (Å²) in [6.07, 6.45) is 7.92. The van der Waals surface area contributed by atoms with Crippen molar-refractivity contribution in [1.82, 2.24) is 14.8 Å². The number of nitriles is 1. The number of morpholine rings is 1. The van der Waals surface area contributed by atoms with E-state index in [1.165, 1.54) is 19.3 Å². The molecule has 9 heteroatoms. The molecule has 0 N–H and O–H groups in total. The van der Waals surface area contributed by atoms with Crippen molar-refractivity contribution in [3.8, 4) is 34.4 Å². The molecule has 6 rings (SSSR count). The van der Waals surface area contributed by atoms with Crippen LogP contribution in [0.5, 0.6) is 17.2 Å². The number of piperidine rings is 1. The van der Waals surface area contributed by atoms with Gasteiger partial charge < -0.3 is 18.9 Å². The molecule has 0 saturated carbocycles. The molecule has 1 aromatic heterocycles. The van der Waals surface area contributed by atoms with Gasteiger partial charge in [-0.3, -0.25) is 14.8 Å². The van der Waals surface area contributed by atoms with Gasteiger partial charge in [0.1, 0.15) is 36.5 Å². The molecule has 4 aromatic rings. The van der Waals surface area contributed by atoms with E-state index >= 15 is 0 Å². The predicted molar refractivity (Wildman–Crippen MR) is 197 cm³/mol. The number of hydrogen-bond donors (Lipinski definition) is 0. The van der Waals surface area contributed by atoms with Gasteiger partial charge in [-0.15, -0.1) is 0 Å². The van der Waals surface area contributed by atoms with Gasteiger partial charge >= 0.3 is 0 Å². The van der Waals surface area contributed by atoms with Crippen molar-refractivity contribution < 1.29 is 18.9 Å². The maximum Gasteiger partial charge on any atom is 0.142 e. The first kappa shape index (κ1) is 35.7. The van der Waals surface area contributed by atoms with Crippen LogP contribution in [-0.2, 0) is 24.5 Å². The van der Waals surface area contributed by atoms with E-state index < -0.39 is 0 Å². The average Bonchev–Trinajstić information content (AvgIpc) is 3.15. The van der Waals surface area contributed by atoms with E-state index in [9.17, 15) is 5.26 Å². The second-order valence-corrected chi connectivity index (χ2v) is 13.6. The normalized spacial score (nSPS) is 15.4. The number of halogens is 1. The molecule has 0 unspecified atom stereocenters. The van der Waals surface area contributed by atoms with E-state index in [-0.39, 0.29) is 6.61 Å². The second kappa shape index (κ2) is 17.7. The highest BCUT2D eigenvalue weighted by atomic mass is 35.5. The van der Waals surface area contributed by atoms with Crippen molar-refractivity contribution in [2.45, 2.75) is 59.3 Å². The number of nitrogens with zero attached hydrogens (tertiary/aromatic N) is 4. The Balaban J connectivity index is 1.16. The Labute approximate surface area is 301 Å². The molecular weight excluding hydrogens is 648 g/mol. The minimum atomic E-state index is 0.285. The van der Waals surface area contributed by atoms with Crippen LogP contribution in [-0.4, -0.2) is 67.3 Å². The fraction of sp³-hybridized carbons (Fsp3) is 0.415. The summed E-state index contributed by atoms with van der Waals surface area (Å²) in [5.41, 5.74) is 8.02. The van der Waals surface area contributed by atoms with Crippen molar-refractivity contribution in [3.05, 3.63) is 105 Å². The Kier molecular flexibility index (Phi) is 12.6. The van der Waals surface area contributed by atoms with Crippen molar-refractivity contribution >= 4 is 11.6 Å². The van der Waals surface area contributed by atoms with Crippen molar-refractivity contribution in [1.29, 1.82) is 5.26 Å². The molecule has 2 saturated heterocycles. The van der Waals surface area contributed by atoms with Gasteiger partial charge in [-0.25, -0.2) is 0 Å². The van der Waals surface area contributed by atoms with Crippen molar-refractivity contribution in [2.24, 2.45) is 0 Å². The predicted octanol–water partition coefficient (Wildman–Crippen LogP) is 8.14. The third-order valence-corrected chi connectivity index (χ3v) is 9.95. The number of aromatic nitrogens is 1. The average molecular weight is 695 g/mol. The molecule has 8 nitrogen and oxygen atoms in total. The Bertz CT molecular complexity index is 1780. The first-order valence-corrected chi connectivity index (χ1v) is 18.1. The lowest BCUT2D eigenvalue weighted by atomic mass is 9.93. The van der Waals surface area contributed by atoms with E-state index in [1.807, 2.05) is 12.1 Å². The quantitative estimate of drug-likeness (QED) is 0.122. The van der Waals surface area contributed by atoms with Gasteiger partial charge in [0.15, 0.2) is 0 Å². The van der Waals surface area contributed by atoms with Crippen molar-refractivity contribution in [3.63, 3.8) is 0 Å². The maximum atomic E-state index is 9.32. The zero-order chi connectivity index (χ0) is 34.7. The Morgan fingerprint density at radius 3 is 2.34 bits per heavy atom. The maximum absolute atomic E-state index is 9.32. The summed E-state index contributed by atoms with van der Waals surface area (Å²) in [5, 5.41) is 9.88. The molecule has 2 aliphatic heterocycles. The Hall–Kier alpha value is -4.13. The summed E-state index contributed by atoms with van der Waals surface area (Å²) in [6, 6.07) is 20.5. The molecular formula is C41H47ClN4O4. The van der Waals surface area contributed by atoms with E-state index in [2.05, 4.69) is 71.1 Å². The van der Waals surface area contributed by atoms with E-state index in [4.69, 9.17) is 30.5 Å². The molecule has 0 aliphatic carbocycles. The van der Waals surface area contributed by atoms with Crippen LogP contribution in [0.25, 0.3) is 11.1 Å². The molecule has 0 atom stereocenters. The van der Waals surface area contributed by atoms with Gasteiger partial charge in [0.2, 0.25) is 0 Å². The lowest BCUT2D eigenvalue weighted by Crippen LogP contribution is -2.37. The minimum absolute atomic E-state index is 0.285. The first-order valence-electron chi connectivity index (χ1n) is 17.7. The largest absolute Gasteiger partial charge is 0.493 e. The lowest BCUT2D eigenvalue weighted by molar-refractivity contribution is 0.0358. The number of pyridine rings is 1. The highest BCUT2D eigenvalue weighted by Crippen LogP contribution is 2.37. The Morgan fingerprint density at radius 2 is 1.54 bits per heavy atom. The third kappa shape index (κ3) is 9.35. The van der Waals surface area contributed by atoms with Crippen LogP contribution in [0, 0.1) is 25.2 Å². The molecule has 2 aliphatic rings. The van der Waals surface area contributed by atoms with E-state index in [0.29, 0.717) is 29.5 Å². The summed E-state index contributed by atoms with van der Waals surface area (Å²) in [7, 11) is 0. The molecule has 2 fully saturated rings. The first-order chi connectivity index (χ1) is 24.5. The standard InChI is InChI=1S/C41H47ClN4O4/c1-30-34(9-6-10-36(30)37-11-7-12-39(31(37)2)48-18-8-15-45-16-19-47-20-17-45)29-50-41-23-40(49-28-33-21-32(24-43)25-44-26-33)35(22-38(41)42)27-46-13-4-3-5-14-46/h6-7,9-12,21-23,25-26H,3-5,8,13-20,27-29H2,1-2H3. The van der Waals surface area contributed by atoms with Crippen LogP contribution in [0.4, 0.5) is 0 Å². The number of benzene rings is 3. The fourth-order valence-electron chi connectivity index (χ4n) is 6.74. The van der Waals surface area contributed by atoms with Crippen LogP contribution in [0.15, 0.2) is 67.0 Å². The number of rotatable bonds is 14. The van der Waals surface area contributed by atoms with Crippen molar-refractivity contribution in [2.75, 3.05) is 52.5 Å². The topological polar surface area (TPSA) is 80.1 Å². The summed E-state index contributed by atoms with van der Waals surface area (Å²) < 4.78 is 24.5. The number of ether oxygens (including phenoxy) is 4. The van der Waals surface area contributed by atoms with Gasteiger partial charge in [0.05, 0.1) is 30.4 Å². The molecule has 262 valence electrons. The zero-order valence-corrected chi connectivity index (χ0v) is 30.0.